The fourth-order valence-corrected chi connectivity index (χ4v) is 6.29. The Balaban J connectivity index is 1.68. The molecule has 4 nitrogen and oxygen atoms in total. The molecule has 0 N–H and O–H groups in total. The molecule has 148 valence electrons. The van der Waals surface area contributed by atoms with Crippen LogP contribution in [-0.2, 0) is 19.1 Å². The largest absolute Gasteiger partial charge is 0.427 e. The van der Waals surface area contributed by atoms with Crippen LogP contribution in [0.3, 0.4) is 0 Å². The van der Waals surface area contributed by atoms with Gasteiger partial charge in [0.25, 0.3) is 0 Å². The average molecular weight is 380 g/mol. The van der Waals surface area contributed by atoms with Gasteiger partial charge in [0.05, 0.1) is 5.41 Å². The molecule has 4 atom stereocenters. The maximum absolute atomic E-state index is 13.0. The summed E-state index contributed by atoms with van der Waals surface area (Å²) in [5, 5.41) is 0. The number of hydrogen-bond acceptors (Lipinski definition) is 4. The number of ether oxygens (including phenoxy) is 2. The van der Waals surface area contributed by atoms with Crippen molar-refractivity contribution in [2.45, 2.75) is 65.2 Å². The molecule has 0 aromatic carbocycles. The first-order chi connectivity index (χ1) is 13.6. The smallest absolute Gasteiger partial charge is 0.340 e. The molecular formula is C24H28O4. The van der Waals surface area contributed by atoms with Gasteiger partial charge in [0, 0.05) is 22.6 Å². The standard InChI is InChI=1S/C24H28O4/c1-3-5-7-18-16-10-9-15-14-11-12-24(21(15)20(16)23(26)27-18)17(13-14)22(25)28-19(24)8-6-4-2/h7-8,13-15,21H,3-6,9-12H2,1-2H3/b18-7-,19-8?/t14-,15+,21-,24+/m0/s1. The zero-order valence-electron chi connectivity index (χ0n) is 16.8. The number of allylic oxidation sites excluding steroid dienone is 5. The van der Waals surface area contributed by atoms with Crippen molar-refractivity contribution in [3.05, 3.63) is 46.5 Å². The molecule has 0 aromatic heterocycles. The lowest BCUT2D eigenvalue weighted by atomic mass is 9.47. The van der Waals surface area contributed by atoms with E-state index in [1.807, 2.05) is 0 Å². The topological polar surface area (TPSA) is 52.6 Å². The summed E-state index contributed by atoms with van der Waals surface area (Å²) in [5.74, 6) is 1.96. The van der Waals surface area contributed by atoms with E-state index in [1.54, 1.807) is 0 Å². The van der Waals surface area contributed by atoms with Gasteiger partial charge in [0.2, 0.25) is 0 Å². The predicted molar refractivity (Wildman–Crippen MR) is 105 cm³/mol. The second-order valence-electron chi connectivity index (χ2n) is 8.82. The minimum absolute atomic E-state index is 0.0181. The van der Waals surface area contributed by atoms with Crippen molar-refractivity contribution in [3.63, 3.8) is 0 Å². The highest BCUT2D eigenvalue weighted by molar-refractivity contribution is 5.99. The molecule has 0 aromatic rings. The molecule has 2 heterocycles. The highest BCUT2D eigenvalue weighted by Crippen LogP contribution is 2.68. The SMILES string of the molecule is CCCC=C1OC(=O)C2=C[C@@H]3CC[C@]12[C@@H]1C2=C(CC[C@H]31)/C(=C/CCC)OC2=O. The Morgan fingerprint density at radius 3 is 2.64 bits per heavy atom. The zero-order chi connectivity index (χ0) is 19.5. The van der Waals surface area contributed by atoms with Crippen LogP contribution < -0.4 is 0 Å². The third-order valence-corrected chi connectivity index (χ3v) is 7.43. The monoisotopic (exact) mass is 380 g/mol. The van der Waals surface area contributed by atoms with Crippen LogP contribution in [0.4, 0.5) is 0 Å². The van der Waals surface area contributed by atoms with Gasteiger partial charge in [0.1, 0.15) is 11.5 Å². The summed E-state index contributed by atoms with van der Waals surface area (Å²) in [6, 6.07) is 0. The first-order valence-corrected chi connectivity index (χ1v) is 10.9. The van der Waals surface area contributed by atoms with Gasteiger partial charge in [-0.1, -0.05) is 32.8 Å². The number of unbranched alkanes of at least 4 members (excludes halogenated alkanes) is 2. The summed E-state index contributed by atoms with van der Waals surface area (Å²) >= 11 is 0. The highest BCUT2D eigenvalue weighted by atomic mass is 16.5. The number of carbonyl (C=O) groups is 2. The summed E-state index contributed by atoms with van der Waals surface area (Å²) in [4.78, 5) is 25.8. The second-order valence-corrected chi connectivity index (χ2v) is 8.82. The summed E-state index contributed by atoms with van der Waals surface area (Å²) in [5.41, 5.74) is 2.29. The summed E-state index contributed by atoms with van der Waals surface area (Å²) in [6.07, 6.45) is 14.1. The lowest BCUT2D eigenvalue weighted by Gasteiger charge is -2.54. The summed E-state index contributed by atoms with van der Waals surface area (Å²) in [6.45, 7) is 4.26. The first kappa shape index (κ1) is 18.0. The normalized spacial score (nSPS) is 38.4. The minimum Gasteiger partial charge on any atom is -0.427 e. The lowest BCUT2D eigenvalue weighted by Crippen LogP contribution is -2.50. The average Bonchev–Trinajstić information content (AvgIpc) is 3.19. The molecule has 0 amide bonds. The molecule has 4 heteroatoms. The van der Waals surface area contributed by atoms with E-state index < -0.39 is 5.41 Å². The van der Waals surface area contributed by atoms with Gasteiger partial charge in [-0.3, -0.25) is 0 Å². The van der Waals surface area contributed by atoms with Crippen molar-refractivity contribution in [3.8, 4) is 0 Å². The minimum atomic E-state index is -0.452. The third kappa shape index (κ3) is 2.23. The van der Waals surface area contributed by atoms with Gasteiger partial charge in [-0.05, 0) is 62.5 Å². The van der Waals surface area contributed by atoms with Gasteiger partial charge in [-0.25, -0.2) is 9.59 Å². The Morgan fingerprint density at radius 2 is 1.86 bits per heavy atom. The van der Waals surface area contributed by atoms with Gasteiger partial charge >= 0.3 is 11.9 Å². The van der Waals surface area contributed by atoms with Crippen LogP contribution >= 0.6 is 0 Å². The van der Waals surface area contributed by atoms with Crippen molar-refractivity contribution in [2.75, 3.05) is 0 Å². The maximum atomic E-state index is 13.0. The van der Waals surface area contributed by atoms with E-state index in [-0.39, 0.29) is 17.9 Å². The molecule has 1 saturated carbocycles. The van der Waals surface area contributed by atoms with Crippen molar-refractivity contribution in [2.24, 2.45) is 23.2 Å². The second kappa shape index (κ2) is 6.47. The van der Waals surface area contributed by atoms with Crippen molar-refractivity contribution in [1.82, 2.24) is 0 Å². The van der Waals surface area contributed by atoms with Crippen LogP contribution in [0.25, 0.3) is 0 Å². The summed E-state index contributed by atoms with van der Waals surface area (Å²) < 4.78 is 11.6. The summed E-state index contributed by atoms with van der Waals surface area (Å²) in [7, 11) is 0. The number of cyclic esters (lactones) is 2. The lowest BCUT2D eigenvalue weighted by molar-refractivity contribution is -0.135. The Kier molecular flexibility index (Phi) is 4.15. The third-order valence-electron chi connectivity index (χ3n) is 7.43. The highest BCUT2D eigenvalue weighted by Gasteiger charge is 2.66. The molecule has 2 fully saturated rings. The van der Waals surface area contributed by atoms with Crippen molar-refractivity contribution < 1.29 is 19.1 Å². The molecule has 1 saturated heterocycles. The molecule has 4 aliphatic carbocycles. The fourth-order valence-electron chi connectivity index (χ4n) is 6.29. The van der Waals surface area contributed by atoms with E-state index in [4.69, 9.17) is 9.47 Å². The quantitative estimate of drug-likeness (QED) is 0.635. The first-order valence-electron chi connectivity index (χ1n) is 10.9. The number of esters is 2. The zero-order valence-corrected chi connectivity index (χ0v) is 16.8. The number of carbonyl (C=O) groups excluding carboxylic acids is 2. The van der Waals surface area contributed by atoms with E-state index in [0.717, 1.165) is 79.6 Å². The van der Waals surface area contributed by atoms with E-state index in [9.17, 15) is 9.59 Å². The van der Waals surface area contributed by atoms with Crippen molar-refractivity contribution >= 4 is 11.9 Å². The molecule has 0 radical (unpaired) electrons. The van der Waals surface area contributed by atoms with Crippen LogP contribution in [0.1, 0.15) is 65.2 Å². The fraction of sp³-hybridized carbons (Fsp3) is 0.583. The molecule has 0 unspecified atom stereocenters. The molecule has 1 spiro atoms. The molecule has 2 bridgehead atoms. The van der Waals surface area contributed by atoms with Gasteiger partial charge in [-0.2, -0.15) is 0 Å². The van der Waals surface area contributed by atoms with Crippen LogP contribution in [0.2, 0.25) is 0 Å². The molecule has 6 aliphatic rings. The Hall–Kier alpha value is -2.10. The number of fused-ring (bicyclic) bond motifs is 1. The van der Waals surface area contributed by atoms with Gasteiger partial charge in [-0.15, -0.1) is 0 Å². The van der Waals surface area contributed by atoms with E-state index >= 15 is 0 Å². The van der Waals surface area contributed by atoms with Gasteiger partial charge in [0.15, 0.2) is 0 Å². The maximum Gasteiger partial charge on any atom is 0.340 e. The van der Waals surface area contributed by atoms with Crippen LogP contribution in [-0.4, -0.2) is 11.9 Å². The van der Waals surface area contributed by atoms with E-state index in [1.165, 1.54) is 0 Å². The number of rotatable bonds is 4. The molecule has 28 heavy (non-hydrogen) atoms. The Morgan fingerprint density at radius 1 is 1.07 bits per heavy atom. The van der Waals surface area contributed by atoms with E-state index in [0.29, 0.717) is 11.8 Å². The molecule has 6 rings (SSSR count). The molecular weight excluding hydrogens is 352 g/mol. The predicted octanol–water partition coefficient (Wildman–Crippen LogP) is 5.13. The van der Waals surface area contributed by atoms with Crippen LogP contribution in [0, 0.1) is 23.2 Å². The van der Waals surface area contributed by atoms with Crippen LogP contribution in [0.5, 0.6) is 0 Å². The number of hydrogen-bond donors (Lipinski definition) is 0. The van der Waals surface area contributed by atoms with Crippen LogP contribution in [0.15, 0.2) is 46.5 Å². The van der Waals surface area contributed by atoms with E-state index in [2.05, 4.69) is 32.1 Å². The van der Waals surface area contributed by atoms with Crippen molar-refractivity contribution in [1.29, 1.82) is 0 Å². The Labute approximate surface area is 166 Å². The Bertz CT molecular complexity index is 871. The molecule has 2 aliphatic heterocycles. The van der Waals surface area contributed by atoms with Gasteiger partial charge < -0.3 is 9.47 Å².